The number of carbonyl (C=O) groups excluding carboxylic acids is 1. The van der Waals surface area contributed by atoms with Gasteiger partial charge in [0.1, 0.15) is 6.29 Å². The van der Waals surface area contributed by atoms with Gasteiger partial charge in [0.05, 0.1) is 20.8 Å². The van der Waals surface area contributed by atoms with Gasteiger partial charge in [-0.3, -0.25) is 4.79 Å². The highest BCUT2D eigenvalue weighted by molar-refractivity contribution is 7.99. The Hall–Kier alpha value is -1.36. The summed E-state index contributed by atoms with van der Waals surface area (Å²) in [6, 6.07) is 3.27. The molecule has 0 saturated carbocycles. The molecule has 0 spiro atoms. The maximum absolute atomic E-state index is 10.8. The summed E-state index contributed by atoms with van der Waals surface area (Å²) in [7, 11) is 3.08. The maximum Gasteiger partial charge on any atom is 0.203 e. The van der Waals surface area contributed by atoms with Crippen LogP contribution >= 0.6 is 11.8 Å². The lowest BCUT2D eigenvalue weighted by Crippen LogP contribution is -2.04. The van der Waals surface area contributed by atoms with Crippen molar-refractivity contribution >= 4 is 18.0 Å². The van der Waals surface area contributed by atoms with Crippen molar-refractivity contribution in [2.24, 2.45) is 0 Å². The molecule has 1 aromatic carbocycles. The van der Waals surface area contributed by atoms with E-state index in [4.69, 9.17) is 14.2 Å². The highest BCUT2D eigenvalue weighted by Gasteiger charge is 2.13. The van der Waals surface area contributed by atoms with Gasteiger partial charge in [-0.15, -0.1) is 0 Å². The predicted octanol–water partition coefficient (Wildman–Crippen LogP) is 2.65. The molecule has 1 aromatic rings. The molecule has 100 valence electrons. The topological polar surface area (TPSA) is 44.8 Å². The molecule has 0 saturated heterocycles. The molecule has 0 aliphatic rings. The van der Waals surface area contributed by atoms with Crippen molar-refractivity contribution in [3.05, 3.63) is 17.7 Å². The predicted molar refractivity (Wildman–Crippen MR) is 73.4 cm³/mol. The summed E-state index contributed by atoms with van der Waals surface area (Å²) in [6.45, 7) is 2.68. The molecule has 0 unspecified atom stereocenters. The molecule has 0 radical (unpaired) electrons. The zero-order valence-electron chi connectivity index (χ0n) is 10.9. The zero-order valence-corrected chi connectivity index (χ0v) is 11.7. The Balaban J connectivity index is 2.89. The number of benzene rings is 1. The molecule has 1 rings (SSSR count). The summed E-state index contributed by atoms with van der Waals surface area (Å²) < 4.78 is 16.1. The van der Waals surface area contributed by atoms with E-state index in [-0.39, 0.29) is 0 Å². The molecule has 18 heavy (non-hydrogen) atoms. The minimum absolute atomic E-state index is 0.499. The number of methoxy groups -OCH3 is 2. The zero-order chi connectivity index (χ0) is 13.4. The second-order valence-electron chi connectivity index (χ2n) is 3.42. The number of hydrogen-bond acceptors (Lipinski definition) is 5. The van der Waals surface area contributed by atoms with E-state index in [9.17, 15) is 4.79 Å². The van der Waals surface area contributed by atoms with Crippen LogP contribution in [-0.4, -0.2) is 38.6 Å². The molecule has 0 N–H and O–H groups in total. The molecule has 0 amide bonds. The molecule has 5 heteroatoms. The average Bonchev–Trinajstić information content (AvgIpc) is 2.42. The average molecular weight is 270 g/mol. The van der Waals surface area contributed by atoms with Gasteiger partial charge in [-0.05, 0) is 17.9 Å². The van der Waals surface area contributed by atoms with E-state index < -0.39 is 0 Å². The summed E-state index contributed by atoms with van der Waals surface area (Å²) in [5.41, 5.74) is 0.499. The van der Waals surface area contributed by atoms with Crippen molar-refractivity contribution in [3.63, 3.8) is 0 Å². The number of rotatable bonds is 8. The Morgan fingerprint density at radius 3 is 2.28 bits per heavy atom. The summed E-state index contributed by atoms with van der Waals surface area (Å²) in [5.74, 6) is 3.53. The fourth-order valence-electron chi connectivity index (χ4n) is 1.46. The van der Waals surface area contributed by atoms with Gasteiger partial charge in [0, 0.05) is 11.3 Å². The van der Waals surface area contributed by atoms with Gasteiger partial charge in [0.25, 0.3) is 0 Å². The van der Waals surface area contributed by atoms with Gasteiger partial charge in [0.2, 0.25) is 5.75 Å². The van der Waals surface area contributed by atoms with Gasteiger partial charge in [-0.25, -0.2) is 0 Å². The Morgan fingerprint density at radius 2 is 1.83 bits per heavy atom. The lowest BCUT2D eigenvalue weighted by atomic mass is 10.2. The molecule has 0 aromatic heterocycles. The summed E-state index contributed by atoms with van der Waals surface area (Å²) in [4.78, 5) is 10.8. The van der Waals surface area contributed by atoms with Crippen LogP contribution in [0.2, 0.25) is 0 Å². The number of thioether (sulfide) groups is 1. The van der Waals surface area contributed by atoms with Crippen LogP contribution in [0, 0.1) is 0 Å². The molecular weight excluding hydrogens is 252 g/mol. The molecule has 4 nitrogen and oxygen atoms in total. The Labute approximate surface area is 112 Å². The first kappa shape index (κ1) is 14.7. The fourth-order valence-corrected chi connectivity index (χ4v) is 1.95. The second-order valence-corrected chi connectivity index (χ2v) is 4.81. The first-order chi connectivity index (χ1) is 8.76. The van der Waals surface area contributed by atoms with Crippen molar-refractivity contribution in [1.82, 2.24) is 0 Å². The van der Waals surface area contributed by atoms with E-state index >= 15 is 0 Å². The van der Waals surface area contributed by atoms with Crippen molar-refractivity contribution in [3.8, 4) is 17.2 Å². The van der Waals surface area contributed by atoms with Crippen LogP contribution in [0.1, 0.15) is 17.3 Å². The van der Waals surface area contributed by atoms with E-state index in [1.54, 1.807) is 23.9 Å². The SMILES string of the molecule is CCSCCOc1c(OC)cc(C=O)cc1OC. The number of carbonyl (C=O) groups is 1. The standard InChI is InChI=1S/C13H18O4S/c1-4-18-6-5-17-13-11(15-2)7-10(9-14)8-12(13)16-3/h7-9H,4-6H2,1-3H3. The van der Waals surface area contributed by atoms with Crippen LogP contribution in [0.25, 0.3) is 0 Å². The quantitative estimate of drug-likeness (QED) is 0.537. The Bertz CT molecular complexity index is 368. The first-order valence-electron chi connectivity index (χ1n) is 5.68. The summed E-state index contributed by atoms with van der Waals surface area (Å²) in [5, 5.41) is 0. The van der Waals surface area contributed by atoms with Crippen molar-refractivity contribution < 1.29 is 19.0 Å². The van der Waals surface area contributed by atoms with Gasteiger partial charge < -0.3 is 14.2 Å². The molecular formula is C13H18O4S. The first-order valence-corrected chi connectivity index (χ1v) is 6.84. The lowest BCUT2D eigenvalue weighted by Gasteiger charge is -2.14. The third kappa shape index (κ3) is 3.84. The van der Waals surface area contributed by atoms with E-state index in [0.717, 1.165) is 17.8 Å². The molecule has 0 aliphatic carbocycles. The highest BCUT2D eigenvalue weighted by atomic mass is 32.2. The minimum atomic E-state index is 0.499. The Morgan fingerprint density at radius 1 is 1.22 bits per heavy atom. The number of aldehydes is 1. The Kier molecular flexibility index (Phi) is 6.43. The van der Waals surface area contributed by atoms with Crippen LogP contribution in [0.4, 0.5) is 0 Å². The lowest BCUT2D eigenvalue weighted by molar-refractivity contribution is 0.112. The van der Waals surface area contributed by atoms with Gasteiger partial charge in [0.15, 0.2) is 11.5 Å². The maximum atomic E-state index is 10.8. The van der Waals surface area contributed by atoms with E-state index in [1.807, 2.05) is 0 Å². The number of ether oxygens (including phenoxy) is 3. The summed E-state index contributed by atoms with van der Waals surface area (Å²) >= 11 is 1.80. The fraction of sp³-hybridized carbons (Fsp3) is 0.462. The third-order valence-electron chi connectivity index (χ3n) is 2.30. The normalized spacial score (nSPS) is 9.94. The van der Waals surface area contributed by atoms with Crippen LogP contribution in [0.15, 0.2) is 12.1 Å². The highest BCUT2D eigenvalue weighted by Crippen LogP contribution is 2.38. The molecule has 0 fully saturated rings. The van der Waals surface area contributed by atoms with Crippen LogP contribution in [-0.2, 0) is 0 Å². The van der Waals surface area contributed by atoms with Gasteiger partial charge in [-0.1, -0.05) is 6.92 Å². The van der Waals surface area contributed by atoms with E-state index in [1.165, 1.54) is 14.2 Å². The van der Waals surface area contributed by atoms with Crippen molar-refractivity contribution in [2.75, 3.05) is 32.3 Å². The largest absolute Gasteiger partial charge is 0.493 e. The minimum Gasteiger partial charge on any atom is -0.493 e. The molecule has 0 heterocycles. The number of hydrogen-bond donors (Lipinski definition) is 0. The van der Waals surface area contributed by atoms with E-state index in [0.29, 0.717) is 29.4 Å². The van der Waals surface area contributed by atoms with Crippen LogP contribution in [0.5, 0.6) is 17.2 Å². The molecule has 0 aliphatic heterocycles. The monoisotopic (exact) mass is 270 g/mol. The summed E-state index contributed by atoms with van der Waals surface area (Å²) in [6.07, 6.45) is 0.752. The molecule has 0 bridgehead atoms. The smallest absolute Gasteiger partial charge is 0.203 e. The van der Waals surface area contributed by atoms with Gasteiger partial charge in [-0.2, -0.15) is 11.8 Å². The third-order valence-corrected chi connectivity index (χ3v) is 3.16. The van der Waals surface area contributed by atoms with Crippen molar-refractivity contribution in [2.45, 2.75) is 6.92 Å². The van der Waals surface area contributed by atoms with E-state index in [2.05, 4.69) is 6.92 Å². The van der Waals surface area contributed by atoms with Crippen LogP contribution < -0.4 is 14.2 Å². The van der Waals surface area contributed by atoms with Crippen LogP contribution in [0.3, 0.4) is 0 Å². The van der Waals surface area contributed by atoms with Gasteiger partial charge >= 0.3 is 0 Å². The molecule has 0 atom stereocenters. The second kappa shape index (κ2) is 7.87. The van der Waals surface area contributed by atoms with Crippen molar-refractivity contribution in [1.29, 1.82) is 0 Å².